The zero-order valence-corrected chi connectivity index (χ0v) is 18.7. The van der Waals surface area contributed by atoms with E-state index in [0.717, 1.165) is 57.3 Å². The van der Waals surface area contributed by atoms with Crippen LogP contribution in [0.2, 0.25) is 0 Å². The molecule has 0 radical (unpaired) electrons. The van der Waals surface area contributed by atoms with Gasteiger partial charge in [0.25, 0.3) is 0 Å². The second-order valence-corrected chi connectivity index (χ2v) is 6.33. The third-order valence-electron chi connectivity index (χ3n) is 4.11. The Labute approximate surface area is 170 Å². The van der Waals surface area contributed by atoms with Crippen LogP contribution in [0.25, 0.3) is 0 Å². The number of nitrogens with one attached hydrogen (secondary N) is 2. The minimum atomic E-state index is 0. The zero-order chi connectivity index (χ0) is 17.8. The van der Waals surface area contributed by atoms with Crippen molar-refractivity contribution in [2.24, 2.45) is 10.9 Å². The van der Waals surface area contributed by atoms with Gasteiger partial charge < -0.3 is 19.9 Å². The first kappa shape index (κ1) is 24.2. The number of rotatable bonds is 11. The topological polar surface area (TPSA) is 63.5 Å². The van der Waals surface area contributed by atoms with E-state index in [2.05, 4.69) is 45.9 Å². The number of ether oxygens (including phenoxy) is 1. The number of hydrogen-bond donors (Lipinski definition) is 2. The van der Waals surface area contributed by atoms with Gasteiger partial charge in [-0.05, 0) is 39.0 Å². The Kier molecular flexibility index (Phi) is 13.9. The molecular formula is C18H36IN5O. The molecule has 0 aromatic carbocycles. The molecule has 0 saturated heterocycles. The molecule has 0 amide bonds. The molecule has 0 aliphatic carbocycles. The number of aromatic nitrogens is 2. The molecule has 6 nitrogen and oxygen atoms in total. The van der Waals surface area contributed by atoms with E-state index in [1.807, 2.05) is 26.4 Å². The first-order chi connectivity index (χ1) is 11.6. The van der Waals surface area contributed by atoms with E-state index in [9.17, 15) is 0 Å². The summed E-state index contributed by atoms with van der Waals surface area (Å²) in [5.41, 5.74) is 0. The summed E-state index contributed by atoms with van der Waals surface area (Å²) >= 11 is 0. The summed E-state index contributed by atoms with van der Waals surface area (Å²) < 4.78 is 7.96. The fourth-order valence-corrected chi connectivity index (χ4v) is 2.63. The summed E-state index contributed by atoms with van der Waals surface area (Å²) in [4.78, 5) is 8.51. The molecule has 1 atom stereocenters. The first-order valence-corrected chi connectivity index (χ1v) is 9.12. The predicted octanol–water partition coefficient (Wildman–Crippen LogP) is 3.21. The highest BCUT2D eigenvalue weighted by atomic mass is 127. The van der Waals surface area contributed by atoms with Crippen molar-refractivity contribution in [1.29, 1.82) is 0 Å². The van der Waals surface area contributed by atoms with Crippen molar-refractivity contribution < 1.29 is 4.74 Å². The van der Waals surface area contributed by atoms with Crippen LogP contribution in [0, 0.1) is 12.8 Å². The Balaban J connectivity index is 0.00000576. The van der Waals surface area contributed by atoms with Crippen molar-refractivity contribution in [2.45, 2.75) is 59.6 Å². The smallest absolute Gasteiger partial charge is 0.190 e. The van der Waals surface area contributed by atoms with Gasteiger partial charge in [-0.2, -0.15) is 0 Å². The first-order valence-electron chi connectivity index (χ1n) is 9.12. The Morgan fingerprint density at radius 1 is 1.28 bits per heavy atom. The molecular weight excluding hydrogens is 429 g/mol. The molecule has 1 rings (SSSR count). The van der Waals surface area contributed by atoms with Gasteiger partial charge in [0.05, 0.1) is 6.10 Å². The van der Waals surface area contributed by atoms with Crippen molar-refractivity contribution in [3.05, 3.63) is 18.2 Å². The molecule has 7 heteroatoms. The molecule has 0 aliphatic heterocycles. The minimum absolute atomic E-state index is 0. The number of aryl methyl sites for hydroxylation is 2. The molecule has 1 heterocycles. The van der Waals surface area contributed by atoms with E-state index in [-0.39, 0.29) is 24.0 Å². The molecule has 25 heavy (non-hydrogen) atoms. The minimum Gasteiger partial charge on any atom is -0.378 e. The molecule has 1 aromatic rings. The SMILES string of the molecule is CCOC(CCNC(=NC)NCCCCn1ccnc1C)C(C)C.I. The number of imidazole rings is 1. The lowest BCUT2D eigenvalue weighted by Crippen LogP contribution is -2.39. The van der Waals surface area contributed by atoms with Crippen molar-refractivity contribution in [3.8, 4) is 0 Å². The van der Waals surface area contributed by atoms with Crippen molar-refractivity contribution in [1.82, 2.24) is 20.2 Å². The van der Waals surface area contributed by atoms with Gasteiger partial charge in [-0.25, -0.2) is 4.98 Å². The van der Waals surface area contributed by atoms with Gasteiger partial charge in [0.1, 0.15) is 5.82 Å². The Bertz CT molecular complexity index is 476. The normalized spacial score (nSPS) is 12.8. The van der Waals surface area contributed by atoms with Crippen LogP contribution in [-0.2, 0) is 11.3 Å². The maximum atomic E-state index is 5.77. The predicted molar refractivity (Wildman–Crippen MR) is 116 cm³/mol. The van der Waals surface area contributed by atoms with Crippen molar-refractivity contribution >= 4 is 29.9 Å². The molecule has 1 unspecified atom stereocenters. The molecule has 1 aromatic heterocycles. The average Bonchev–Trinajstić information content (AvgIpc) is 2.96. The maximum absolute atomic E-state index is 5.77. The molecule has 0 bridgehead atoms. The Morgan fingerprint density at radius 3 is 2.56 bits per heavy atom. The van der Waals surface area contributed by atoms with E-state index in [1.165, 1.54) is 0 Å². The summed E-state index contributed by atoms with van der Waals surface area (Å²) in [5, 5.41) is 6.74. The highest BCUT2D eigenvalue weighted by molar-refractivity contribution is 14.0. The summed E-state index contributed by atoms with van der Waals surface area (Å²) in [6.45, 7) is 12.1. The summed E-state index contributed by atoms with van der Waals surface area (Å²) in [6, 6.07) is 0. The third kappa shape index (κ3) is 10.0. The van der Waals surface area contributed by atoms with Gasteiger partial charge in [0, 0.05) is 45.7 Å². The van der Waals surface area contributed by atoms with Crippen molar-refractivity contribution in [2.75, 3.05) is 26.7 Å². The van der Waals surface area contributed by atoms with Gasteiger partial charge in [-0.3, -0.25) is 4.99 Å². The van der Waals surface area contributed by atoms with Gasteiger partial charge in [-0.15, -0.1) is 24.0 Å². The second kappa shape index (κ2) is 14.4. The fraction of sp³-hybridized carbons (Fsp3) is 0.778. The molecule has 2 N–H and O–H groups in total. The van der Waals surface area contributed by atoms with Gasteiger partial charge >= 0.3 is 0 Å². The van der Waals surface area contributed by atoms with Gasteiger partial charge in [0.2, 0.25) is 0 Å². The lowest BCUT2D eigenvalue weighted by molar-refractivity contribution is 0.0258. The Morgan fingerprint density at radius 2 is 2.00 bits per heavy atom. The number of aliphatic imine (C=N–C) groups is 1. The van der Waals surface area contributed by atoms with Crippen LogP contribution in [-0.4, -0.2) is 48.4 Å². The van der Waals surface area contributed by atoms with Crippen LogP contribution in [0.1, 0.15) is 45.9 Å². The molecule has 0 fully saturated rings. The van der Waals surface area contributed by atoms with E-state index in [1.54, 1.807) is 0 Å². The van der Waals surface area contributed by atoms with Crippen LogP contribution >= 0.6 is 24.0 Å². The number of halogens is 1. The van der Waals surface area contributed by atoms with Crippen LogP contribution in [0.3, 0.4) is 0 Å². The highest BCUT2D eigenvalue weighted by Gasteiger charge is 2.12. The fourth-order valence-electron chi connectivity index (χ4n) is 2.63. The van der Waals surface area contributed by atoms with Crippen LogP contribution in [0.15, 0.2) is 17.4 Å². The van der Waals surface area contributed by atoms with E-state index in [4.69, 9.17) is 4.74 Å². The van der Waals surface area contributed by atoms with E-state index >= 15 is 0 Å². The lowest BCUT2D eigenvalue weighted by Gasteiger charge is -2.21. The zero-order valence-electron chi connectivity index (χ0n) is 16.4. The number of unbranched alkanes of at least 4 members (excludes halogenated alkanes) is 1. The van der Waals surface area contributed by atoms with Gasteiger partial charge in [-0.1, -0.05) is 13.8 Å². The quantitative estimate of drug-likeness (QED) is 0.228. The van der Waals surface area contributed by atoms with E-state index in [0.29, 0.717) is 12.0 Å². The Hall–Kier alpha value is -0.830. The summed E-state index contributed by atoms with van der Waals surface area (Å²) in [5.74, 6) is 2.48. The standard InChI is InChI=1S/C18H35N5O.HI/c1-6-24-17(15(2)3)9-11-22-18(19-5)21-10-7-8-13-23-14-12-20-16(23)4;/h12,14-15,17H,6-11,13H2,1-5H3,(H2,19,21,22);1H. The van der Waals surface area contributed by atoms with E-state index < -0.39 is 0 Å². The molecule has 0 saturated carbocycles. The van der Waals surface area contributed by atoms with Crippen LogP contribution < -0.4 is 10.6 Å². The summed E-state index contributed by atoms with van der Waals surface area (Å²) in [6.07, 6.45) is 7.41. The monoisotopic (exact) mass is 465 g/mol. The largest absolute Gasteiger partial charge is 0.378 e. The maximum Gasteiger partial charge on any atom is 0.190 e. The van der Waals surface area contributed by atoms with Crippen molar-refractivity contribution in [3.63, 3.8) is 0 Å². The highest BCUT2D eigenvalue weighted by Crippen LogP contribution is 2.09. The van der Waals surface area contributed by atoms with Crippen LogP contribution in [0.4, 0.5) is 0 Å². The number of hydrogen-bond acceptors (Lipinski definition) is 3. The number of guanidine groups is 1. The average molecular weight is 465 g/mol. The summed E-state index contributed by atoms with van der Waals surface area (Å²) in [7, 11) is 1.81. The molecule has 146 valence electrons. The molecule has 0 aliphatic rings. The van der Waals surface area contributed by atoms with Gasteiger partial charge in [0.15, 0.2) is 5.96 Å². The molecule has 0 spiro atoms. The van der Waals surface area contributed by atoms with Crippen LogP contribution in [0.5, 0.6) is 0 Å². The third-order valence-corrected chi connectivity index (χ3v) is 4.11. The number of nitrogens with zero attached hydrogens (tertiary/aromatic N) is 3. The second-order valence-electron chi connectivity index (χ2n) is 6.33. The lowest BCUT2D eigenvalue weighted by atomic mass is 10.0.